The molecule has 166 valence electrons. The molecule has 32 heavy (non-hydrogen) atoms. The van der Waals surface area contributed by atoms with Gasteiger partial charge in [-0.25, -0.2) is 8.42 Å². The minimum absolute atomic E-state index is 0.0302. The fourth-order valence-electron chi connectivity index (χ4n) is 2.99. The van der Waals surface area contributed by atoms with Gasteiger partial charge in [0.15, 0.2) is 0 Å². The predicted molar refractivity (Wildman–Crippen MR) is 123 cm³/mol. The maximum atomic E-state index is 13.4. The van der Waals surface area contributed by atoms with Crippen LogP contribution in [0.3, 0.4) is 0 Å². The minimum atomic E-state index is -4.03. The van der Waals surface area contributed by atoms with Crippen LogP contribution in [0.5, 0.6) is 5.75 Å². The van der Waals surface area contributed by atoms with Crippen molar-refractivity contribution < 1.29 is 22.7 Å². The second-order valence-corrected chi connectivity index (χ2v) is 8.70. The maximum absolute atomic E-state index is 13.4. The topological polar surface area (TPSA) is 105 Å². The van der Waals surface area contributed by atoms with E-state index in [0.717, 1.165) is 4.31 Å². The third-order valence-electron chi connectivity index (χ3n) is 4.45. The van der Waals surface area contributed by atoms with Gasteiger partial charge >= 0.3 is 0 Å². The highest BCUT2D eigenvalue weighted by Crippen LogP contribution is 2.25. The fourth-order valence-corrected chi connectivity index (χ4v) is 4.41. The van der Waals surface area contributed by atoms with E-state index in [1.54, 1.807) is 66.7 Å². The highest BCUT2D eigenvalue weighted by Gasteiger charge is 2.27. The number of hydrogen-bond donors (Lipinski definition) is 2. The van der Waals surface area contributed by atoms with Gasteiger partial charge in [0.05, 0.1) is 17.7 Å². The second-order valence-electron chi connectivity index (χ2n) is 6.83. The molecule has 8 nitrogen and oxygen atoms in total. The Morgan fingerprint density at radius 1 is 0.875 bits per heavy atom. The molecule has 0 saturated heterocycles. The highest BCUT2D eigenvalue weighted by atomic mass is 32.2. The van der Waals surface area contributed by atoms with Gasteiger partial charge in [-0.15, -0.1) is 0 Å². The van der Waals surface area contributed by atoms with Crippen molar-refractivity contribution in [3.05, 3.63) is 78.9 Å². The van der Waals surface area contributed by atoms with Gasteiger partial charge in [-0.2, -0.15) is 0 Å². The number of ether oxygens (including phenoxy) is 1. The molecule has 0 aliphatic carbocycles. The molecule has 3 rings (SSSR count). The summed E-state index contributed by atoms with van der Waals surface area (Å²) in [5.74, 6) is -0.257. The summed E-state index contributed by atoms with van der Waals surface area (Å²) >= 11 is 0. The molecule has 3 aromatic rings. The molecule has 0 aliphatic heterocycles. The lowest BCUT2D eigenvalue weighted by Gasteiger charge is -2.24. The Morgan fingerprint density at radius 2 is 1.50 bits per heavy atom. The van der Waals surface area contributed by atoms with E-state index in [2.05, 4.69) is 10.6 Å². The summed E-state index contributed by atoms with van der Waals surface area (Å²) in [6.45, 7) is 0.940. The Balaban J connectivity index is 1.87. The SMILES string of the molecule is COc1ccc(S(=O)(=O)N(CC(=O)Nc2cccc(NC(C)=O)c2)c2ccccc2)cc1. The molecule has 0 unspecified atom stereocenters. The van der Waals surface area contributed by atoms with Crippen LogP contribution in [0.1, 0.15) is 6.92 Å². The molecule has 0 saturated carbocycles. The number of sulfonamides is 1. The van der Waals surface area contributed by atoms with E-state index >= 15 is 0 Å². The van der Waals surface area contributed by atoms with Crippen LogP contribution in [0.4, 0.5) is 17.1 Å². The lowest BCUT2D eigenvalue weighted by atomic mass is 10.2. The van der Waals surface area contributed by atoms with Gasteiger partial charge in [0, 0.05) is 18.3 Å². The quantitative estimate of drug-likeness (QED) is 0.543. The van der Waals surface area contributed by atoms with Gasteiger partial charge in [-0.1, -0.05) is 24.3 Å². The van der Waals surface area contributed by atoms with Crippen LogP contribution in [-0.2, 0) is 19.6 Å². The molecular formula is C23H23N3O5S. The maximum Gasteiger partial charge on any atom is 0.264 e. The molecule has 0 aliphatic rings. The molecule has 2 N–H and O–H groups in total. The molecule has 0 heterocycles. The minimum Gasteiger partial charge on any atom is -0.497 e. The van der Waals surface area contributed by atoms with E-state index in [1.807, 2.05) is 0 Å². The second kappa shape index (κ2) is 9.97. The Hall–Kier alpha value is -3.85. The summed E-state index contributed by atoms with van der Waals surface area (Å²) in [5, 5.41) is 5.31. The molecule has 9 heteroatoms. The van der Waals surface area contributed by atoms with Crippen LogP contribution in [0.2, 0.25) is 0 Å². The number of nitrogens with zero attached hydrogens (tertiary/aromatic N) is 1. The van der Waals surface area contributed by atoms with Gasteiger partial charge in [-0.3, -0.25) is 13.9 Å². The van der Waals surface area contributed by atoms with Crippen molar-refractivity contribution in [2.75, 3.05) is 28.6 Å². The van der Waals surface area contributed by atoms with E-state index in [0.29, 0.717) is 22.8 Å². The largest absolute Gasteiger partial charge is 0.497 e. The summed E-state index contributed by atoms with van der Waals surface area (Å²) in [6, 6.07) is 20.9. The monoisotopic (exact) mass is 453 g/mol. The first-order valence-electron chi connectivity index (χ1n) is 9.69. The van der Waals surface area contributed by atoms with Crippen LogP contribution in [0.15, 0.2) is 83.8 Å². The van der Waals surface area contributed by atoms with Crippen molar-refractivity contribution in [2.24, 2.45) is 0 Å². The summed E-state index contributed by atoms with van der Waals surface area (Å²) in [5.41, 5.74) is 1.29. The highest BCUT2D eigenvalue weighted by molar-refractivity contribution is 7.92. The third kappa shape index (κ3) is 5.64. The Kier molecular flexibility index (Phi) is 7.11. The fraction of sp³-hybridized carbons (Fsp3) is 0.130. The Labute approximate surface area is 186 Å². The summed E-state index contributed by atoms with van der Waals surface area (Å²) < 4.78 is 32.8. The van der Waals surface area contributed by atoms with Crippen LogP contribution in [0, 0.1) is 0 Å². The van der Waals surface area contributed by atoms with Gasteiger partial charge in [0.1, 0.15) is 12.3 Å². The summed E-state index contributed by atoms with van der Waals surface area (Å²) in [7, 11) is -2.54. The van der Waals surface area contributed by atoms with Gasteiger partial charge in [0.2, 0.25) is 11.8 Å². The standard InChI is InChI=1S/C23H23N3O5S/c1-17(27)24-18-7-6-8-19(15-18)25-23(28)16-26(20-9-4-3-5-10-20)32(29,30)22-13-11-21(31-2)12-14-22/h3-15H,16H2,1-2H3,(H,24,27)(H,25,28). The van der Waals surface area contributed by atoms with Crippen molar-refractivity contribution in [1.82, 2.24) is 0 Å². The normalized spacial score (nSPS) is 10.8. The third-order valence-corrected chi connectivity index (χ3v) is 6.23. The van der Waals surface area contributed by atoms with E-state index in [-0.39, 0.29) is 10.8 Å². The number of nitrogens with one attached hydrogen (secondary N) is 2. The molecule has 0 radical (unpaired) electrons. The number of hydrogen-bond acceptors (Lipinski definition) is 5. The van der Waals surface area contributed by atoms with Gasteiger partial charge < -0.3 is 15.4 Å². The molecule has 0 spiro atoms. The van der Waals surface area contributed by atoms with Gasteiger partial charge in [-0.05, 0) is 54.6 Å². The van der Waals surface area contributed by atoms with Crippen molar-refractivity contribution in [1.29, 1.82) is 0 Å². The first kappa shape index (κ1) is 22.8. The Bertz CT molecular complexity index is 1200. The zero-order chi connectivity index (χ0) is 23.1. The molecular weight excluding hydrogens is 430 g/mol. The number of carbonyl (C=O) groups is 2. The molecule has 3 aromatic carbocycles. The van der Waals surface area contributed by atoms with Crippen molar-refractivity contribution >= 4 is 38.9 Å². The number of methoxy groups -OCH3 is 1. The number of benzene rings is 3. The van der Waals surface area contributed by atoms with E-state index in [1.165, 1.54) is 26.2 Å². The lowest BCUT2D eigenvalue weighted by molar-refractivity contribution is -0.115. The number of anilines is 3. The smallest absolute Gasteiger partial charge is 0.264 e. The van der Waals surface area contributed by atoms with Crippen molar-refractivity contribution in [3.8, 4) is 5.75 Å². The zero-order valence-corrected chi connectivity index (χ0v) is 18.4. The van der Waals surface area contributed by atoms with Crippen LogP contribution in [-0.4, -0.2) is 33.9 Å². The van der Waals surface area contributed by atoms with Crippen LogP contribution < -0.4 is 19.7 Å². The van der Waals surface area contributed by atoms with Crippen molar-refractivity contribution in [2.45, 2.75) is 11.8 Å². The van der Waals surface area contributed by atoms with E-state index in [9.17, 15) is 18.0 Å². The number of rotatable bonds is 8. The van der Waals surface area contributed by atoms with Gasteiger partial charge in [0.25, 0.3) is 10.0 Å². The first-order chi connectivity index (χ1) is 15.3. The summed E-state index contributed by atoms with van der Waals surface area (Å²) in [6.07, 6.45) is 0. The molecule has 0 fully saturated rings. The van der Waals surface area contributed by atoms with Crippen molar-refractivity contribution in [3.63, 3.8) is 0 Å². The van der Waals surface area contributed by atoms with E-state index < -0.39 is 22.5 Å². The van der Waals surface area contributed by atoms with Crippen LogP contribution in [0.25, 0.3) is 0 Å². The summed E-state index contributed by atoms with van der Waals surface area (Å²) in [4.78, 5) is 24.1. The predicted octanol–water partition coefficient (Wildman–Crippen LogP) is 3.49. The zero-order valence-electron chi connectivity index (χ0n) is 17.6. The number of para-hydroxylation sites is 1. The molecule has 2 amide bonds. The number of amides is 2. The Morgan fingerprint density at radius 3 is 2.09 bits per heavy atom. The lowest BCUT2D eigenvalue weighted by Crippen LogP contribution is -2.38. The molecule has 0 bridgehead atoms. The average Bonchev–Trinajstić information content (AvgIpc) is 2.78. The average molecular weight is 454 g/mol. The first-order valence-corrected chi connectivity index (χ1v) is 11.1. The van der Waals surface area contributed by atoms with Crippen LogP contribution >= 0.6 is 0 Å². The van der Waals surface area contributed by atoms with E-state index in [4.69, 9.17) is 4.74 Å². The number of carbonyl (C=O) groups excluding carboxylic acids is 2. The molecule has 0 atom stereocenters. The molecule has 0 aromatic heterocycles.